The van der Waals surface area contributed by atoms with E-state index in [1.165, 1.54) is 0 Å². The van der Waals surface area contributed by atoms with Crippen molar-refractivity contribution in [2.45, 2.75) is 25.5 Å². The number of alkyl halides is 6. The van der Waals surface area contributed by atoms with E-state index in [-0.39, 0.29) is 18.2 Å². The van der Waals surface area contributed by atoms with E-state index in [0.717, 1.165) is 21.9 Å². The number of hydrogen-bond donors (Lipinski definition) is 0. The van der Waals surface area contributed by atoms with Gasteiger partial charge in [-0.1, -0.05) is 42.5 Å². The predicted octanol–water partition coefficient (Wildman–Crippen LogP) is 8.98. The zero-order valence-electron chi connectivity index (χ0n) is 20.8. The van der Waals surface area contributed by atoms with Crippen LogP contribution in [0.1, 0.15) is 27.9 Å². The third-order valence-electron chi connectivity index (χ3n) is 6.28. The van der Waals surface area contributed by atoms with Crippen molar-refractivity contribution in [3.8, 4) is 5.75 Å². The van der Waals surface area contributed by atoms with Gasteiger partial charge in [0.15, 0.2) is 0 Å². The SMILES string of the molecule is FC(F)(F)c1ccc(Cn2c(/C=C/C=C3/C=NCS3)cc3cc(OCc4ccccc4)ccc32)c(C(F)(F)F)c1. The molecule has 0 unspecified atom stereocenters. The predicted molar refractivity (Wildman–Crippen MR) is 146 cm³/mol. The summed E-state index contributed by atoms with van der Waals surface area (Å²) in [6.07, 6.45) is -2.75. The average Bonchev–Trinajstić information content (AvgIpc) is 3.55. The molecule has 0 N–H and O–H groups in total. The van der Waals surface area contributed by atoms with Gasteiger partial charge in [0, 0.05) is 34.3 Å². The van der Waals surface area contributed by atoms with Gasteiger partial charge in [-0.05, 0) is 59.7 Å². The van der Waals surface area contributed by atoms with Gasteiger partial charge in [-0.3, -0.25) is 4.99 Å². The number of aliphatic imine (C=N–C) groups is 1. The van der Waals surface area contributed by atoms with Crippen LogP contribution in [0, 0.1) is 0 Å². The fraction of sp³-hybridized carbons (Fsp3) is 0.167. The molecule has 0 bridgehead atoms. The molecule has 2 heterocycles. The summed E-state index contributed by atoms with van der Waals surface area (Å²) >= 11 is 1.55. The minimum atomic E-state index is -4.96. The summed E-state index contributed by atoms with van der Waals surface area (Å²) < 4.78 is 88.8. The highest BCUT2D eigenvalue weighted by Crippen LogP contribution is 2.38. The molecule has 0 fully saturated rings. The van der Waals surface area contributed by atoms with Gasteiger partial charge in [-0.2, -0.15) is 26.3 Å². The first-order valence-electron chi connectivity index (χ1n) is 12.2. The lowest BCUT2D eigenvalue weighted by Gasteiger charge is -2.18. The molecule has 0 saturated carbocycles. The zero-order chi connectivity index (χ0) is 28.3. The van der Waals surface area contributed by atoms with Crippen LogP contribution in [0.5, 0.6) is 5.75 Å². The number of rotatable bonds is 7. The summed E-state index contributed by atoms with van der Waals surface area (Å²) in [6.45, 7) is 0.0558. The first-order chi connectivity index (χ1) is 19.1. The Balaban J connectivity index is 1.53. The van der Waals surface area contributed by atoms with Crippen LogP contribution in [-0.4, -0.2) is 16.7 Å². The Kier molecular flexibility index (Phi) is 7.80. The summed E-state index contributed by atoms with van der Waals surface area (Å²) in [4.78, 5) is 5.08. The molecule has 1 aliphatic rings. The van der Waals surface area contributed by atoms with E-state index < -0.39 is 23.5 Å². The molecule has 1 aliphatic heterocycles. The molecular weight excluding hydrogens is 550 g/mol. The van der Waals surface area contributed by atoms with Crippen LogP contribution in [0.25, 0.3) is 17.0 Å². The molecule has 0 atom stereocenters. The van der Waals surface area contributed by atoms with E-state index in [1.807, 2.05) is 42.5 Å². The standard InChI is InChI=1S/C30H22F6N2OS/c31-29(32,33)23-10-9-21(27(15-23)30(34,35)36)17-38-24(7-4-8-26-16-37-19-40-26)13-22-14-25(11-12-28(22)38)39-18-20-5-2-1-3-6-20/h1-16H,17-19H2/b7-4+,26-8-. The van der Waals surface area contributed by atoms with Crippen LogP contribution in [0.15, 0.2) is 94.8 Å². The van der Waals surface area contributed by atoms with Crippen molar-refractivity contribution < 1.29 is 31.1 Å². The lowest BCUT2D eigenvalue weighted by Crippen LogP contribution is -2.15. The smallest absolute Gasteiger partial charge is 0.416 e. The molecule has 3 aromatic carbocycles. The van der Waals surface area contributed by atoms with Gasteiger partial charge >= 0.3 is 12.4 Å². The third-order valence-corrected chi connectivity index (χ3v) is 7.13. The van der Waals surface area contributed by atoms with Crippen molar-refractivity contribution in [2.24, 2.45) is 4.99 Å². The number of benzene rings is 3. The lowest BCUT2D eigenvalue weighted by molar-refractivity contribution is -0.143. The molecule has 4 aromatic rings. The number of fused-ring (bicyclic) bond motifs is 1. The maximum atomic E-state index is 13.9. The number of allylic oxidation sites excluding steroid dienone is 3. The number of nitrogens with zero attached hydrogens (tertiary/aromatic N) is 2. The minimum absolute atomic E-state index is 0.174. The molecule has 40 heavy (non-hydrogen) atoms. The molecule has 1 aromatic heterocycles. The molecule has 0 saturated heterocycles. The van der Waals surface area contributed by atoms with Crippen molar-refractivity contribution >= 4 is 35.0 Å². The number of hydrogen-bond acceptors (Lipinski definition) is 3. The number of thioether (sulfide) groups is 1. The summed E-state index contributed by atoms with van der Waals surface area (Å²) in [7, 11) is 0. The number of aromatic nitrogens is 1. The van der Waals surface area contributed by atoms with Crippen molar-refractivity contribution in [1.82, 2.24) is 4.57 Å². The summed E-state index contributed by atoms with van der Waals surface area (Å²) in [5.41, 5.74) is -0.753. The van der Waals surface area contributed by atoms with Gasteiger partial charge in [0.05, 0.1) is 17.0 Å². The van der Waals surface area contributed by atoms with Crippen molar-refractivity contribution in [2.75, 3.05) is 5.88 Å². The monoisotopic (exact) mass is 572 g/mol. The highest BCUT2D eigenvalue weighted by atomic mass is 32.2. The normalized spacial score (nSPS) is 15.1. The van der Waals surface area contributed by atoms with Gasteiger partial charge in [-0.25, -0.2) is 0 Å². The molecule has 10 heteroatoms. The number of halogens is 6. The molecule has 0 aliphatic carbocycles. The fourth-order valence-corrected chi connectivity index (χ4v) is 4.97. The second-order valence-corrected chi connectivity index (χ2v) is 10.0. The summed E-state index contributed by atoms with van der Waals surface area (Å²) in [5.74, 6) is 1.20. The molecule has 5 rings (SSSR count). The van der Waals surface area contributed by atoms with E-state index >= 15 is 0 Å². The summed E-state index contributed by atoms with van der Waals surface area (Å²) in [6, 6.07) is 18.4. The summed E-state index contributed by atoms with van der Waals surface area (Å²) in [5, 5.41) is 0.718. The van der Waals surface area contributed by atoms with Crippen LogP contribution >= 0.6 is 11.8 Å². The Morgan fingerprint density at radius 3 is 2.40 bits per heavy atom. The molecule has 3 nitrogen and oxygen atoms in total. The van der Waals surface area contributed by atoms with E-state index in [0.29, 0.717) is 35.5 Å². The highest BCUT2D eigenvalue weighted by molar-refractivity contribution is 8.04. The first kappa shape index (κ1) is 27.6. The Hall–Kier alpha value is -3.92. The molecule has 206 valence electrons. The minimum Gasteiger partial charge on any atom is -0.489 e. The van der Waals surface area contributed by atoms with E-state index in [2.05, 4.69) is 4.99 Å². The molecule has 0 spiro atoms. The van der Waals surface area contributed by atoms with E-state index in [1.54, 1.807) is 52.9 Å². The molecular formula is C30H22F6N2OS. The van der Waals surface area contributed by atoms with Crippen LogP contribution in [0.4, 0.5) is 26.3 Å². The largest absolute Gasteiger partial charge is 0.489 e. The topological polar surface area (TPSA) is 26.5 Å². The maximum absolute atomic E-state index is 13.9. The Labute approximate surface area is 230 Å². The Morgan fingerprint density at radius 2 is 1.70 bits per heavy atom. The van der Waals surface area contributed by atoms with Crippen LogP contribution < -0.4 is 4.74 Å². The van der Waals surface area contributed by atoms with E-state index in [9.17, 15) is 26.3 Å². The third kappa shape index (κ3) is 6.44. The Bertz CT molecular complexity index is 1600. The van der Waals surface area contributed by atoms with Crippen LogP contribution in [-0.2, 0) is 25.5 Å². The lowest BCUT2D eigenvalue weighted by atomic mass is 10.0. The van der Waals surface area contributed by atoms with Gasteiger partial charge in [0.25, 0.3) is 0 Å². The Morgan fingerprint density at radius 1 is 0.900 bits per heavy atom. The van der Waals surface area contributed by atoms with Crippen molar-refractivity contribution in [3.63, 3.8) is 0 Å². The van der Waals surface area contributed by atoms with Crippen molar-refractivity contribution in [3.05, 3.63) is 118 Å². The molecule has 0 radical (unpaired) electrons. The van der Waals surface area contributed by atoms with Gasteiger partial charge in [-0.15, -0.1) is 11.8 Å². The average molecular weight is 573 g/mol. The van der Waals surface area contributed by atoms with E-state index in [4.69, 9.17) is 4.74 Å². The molecule has 0 amide bonds. The fourth-order valence-electron chi connectivity index (χ4n) is 4.35. The maximum Gasteiger partial charge on any atom is 0.416 e. The second-order valence-electron chi connectivity index (χ2n) is 9.03. The number of ether oxygens (including phenoxy) is 1. The van der Waals surface area contributed by atoms with Crippen LogP contribution in [0.3, 0.4) is 0 Å². The van der Waals surface area contributed by atoms with Crippen molar-refractivity contribution in [1.29, 1.82) is 0 Å². The van der Waals surface area contributed by atoms with Gasteiger partial charge < -0.3 is 9.30 Å². The van der Waals surface area contributed by atoms with Crippen LogP contribution in [0.2, 0.25) is 0 Å². The van der Waals surface area contributed by atoms with Gasteiger partial charge in [0.2, 0.25) is 0 Å². The second kappa shape index (κ2) is 11.3. The zero-order valence-corrected chi connectivity index (χ0v) is 21.7. The van der Waals surface area contributed by atoms with Gasteiger partial charge in [0.1, 0.15) is 12.4 Å². The first-order valence-corrected chi connectivity index (χ1v) is 13.1. The quantitative estimate of drug-likeness (QED) is 0.207. The highest BCUT2D eigenvalue weighted by Gasteiger charge is 2.38.